The van der Waals surface area contributed by atoms with Crippen molar-refractivity contribution in [3.63, 3.8) is 0 Å². The third kappa shape index (κ3) is 7.28. The first-order valence-corrected chi connectivity index (χ1v) is 15.1. The van der Waals surface area contributed by atoms with E-state index in [4.69, 9.17) is 14.3 Å². The van der Waals surface area contributed by atoms with E-state index >= 15 is 0 Å². The summed E-state index contributed by atoms with van der Waals surface area (Å²) < 4.78 is 26.4. The Labute approximate surface area is 267 Å². The Morgan fingerprint density at radius 1 is 0.935 bits per heavy atom. The number of benzene rings is 4. The number of thioether (sulfide) groups is 1. The summed E-state index contributed by atoms with van der Waals surface area (Å²) in [5, 5.41) is 16.0. The average molecular weight is 632 g/mol. The van der Waals surface area contributed by atoms with Crippen LogP contribution < -0.4 is 10.1 Å². The van der Waals surface area contributed by atoms with Gasteiger partial charge in [0.25, 0.3) is 11.1 Å². The molecule has 1 amide bonds. The second-order valence-corrected chi connectivity index (χ2v) is 10.9. The first-order valence-electron chi connectivity index (χ1n) is 14.1. The van der Waals surface area contributed by atoms with Crippen molar-refractivity contribution in [2.75, 3.05) is 18.2 Å². The number of carbonyl (C=O) groups excluding carboxylic acids is 2. The number of amides is 1. The molecule has 0 radical (unpaired) electrons. The molecule has 0 saturated carbocycles. The van der Waals surface area contributed by atoms with Crippen LogP contribution in [0.15, 0.2) is 125 Å². The number of methoxy groups -OCH3 is 1. The van der Waals surface area contributed by atoms with E-state index in [0.29, 0.717) is 28.1 Å². The lowest BCUT2D eigenvalue weighted by Crippen LogP contribution is -2.14. The molecule has 46 heavy (non-hydrogen) atoms. The molecule has 0 fully saturated rings. The minimum Gasteiger partial charge on any atom is -0.497 e. The molecule has 2 aromatic heterocycles. The molecule has 0 bridgehead atoms. The molecule has 0 aliphatic carbocycles. The molecule has 0 aliphatic heterocycles. The fourth-order valence-electron chi connectivity index (χ4n) is 4.47. The maximum Gasteiger partial charge on any atom is 0.277 e. The van der Waals surface area contributed by atoms with Gasteiger partial charge in [-0.25, -0.2) is 9.07 Å². The Kier molecular flexibility index (Phi) is 9.12. The minimum atomic E-state index is -0.357. The van der Waals surface area contributed by atoms with Crippen molar-refractivity contribution in [1.82, 2.24) is 20.0 Å². The van der Waals surface area contributed by atoms with Crippen molar-refractivity contribution >= 4 is 35.2 Å². The fourth-order valence-corrected chi connectivity index (χ4v) is 5.03. The van der Waals surface area contributed by atoms with Crippen molar-refractivity contribution in [3.8, 4) is 34.1 Å². The Bertz CT molecular complexity index is 1990. The number of para-hydroxylation sites is 1. The summed E-state index contributed by atoms with van der Waals surface area (Å²) in [4.78, 5) is 25.2. The van der Waals surface area contributed by atoms with Crippen LogP contribution in [-0.2, 0) is 4.79 Å². The third-order valence-electron chi connectivity index (χ3n) is 6.81. The van der Waals surface area contributed by atoms with Gasteiger partial charge in [-0.2, -0.15) is 5.10 Å². The third-order valence-corrected chi connectivity index (χ3v) is 7.63. The zero-order valence-electron chi connectivity index (χ0n) is 24.5. The SMILES string of the molecule is COc1ccc(/C=C/C(=O)c2ccc(NC(=O)CSc3nnc(-c4cn(-c5ccccc5)nc4-c4ccc(F)cc4)o3)cc2)cc1. The van der Waals surface area contributed by atoms with Gasteiger partial charge in [-0.1, -0.05) is 48.2 Å². The largest absolute Gasteiger partial charge is 0.497 e. The summed E-state index contributed by atoms with van der Waals surface area (Å²) in [6.07, 6.45) is 5.00. The van der Waals surface area contributed by atoms with Crippen molar-refractivity contribution in [2.45, 2.75) is 5.22 Å². The van der Waals surface area contributed by atoms with Gasteiger partial charge in [0.1, 0.15) is 17.3 Å². The monoisotopic (exact) mass is 631 g/mol. The lowest BCUT2D eigenvalue weighted by molar-refractivity contribution is -0.113. The van der Waals surface area contributed by atoms with Crippen LogP contribution in [0, 0.1) is 5.82 Å². The minimum absolute atomic E-state index is 0.0149. The van der Waals surface area contributed by atoms with E-state index in [1.54, 1.807) is 60.5 Å². The molecule has 6 aromatic rings. The number of carbonyl (C=O) groups is 2. The molecule has 0 saturated heterocycles. The number of aromatic nitrogens is 4. The molecule has 0 spiro atoms. The highest BCUT2D eigenvalue weighted by Crippen LogP contribution is 2.33. The predicted octanol–water partition coefficient (Wildman–Crippen LogP) is 7.36. The van der Waals surface area contributed by atoms with Crippen molar-refractivity contribution in [1.29, 1.82) is 0 Å². The normalized spacial score (nSPS) is 11.1. The summed E-state index contributed by atoms with van der Waals surface area (Å²) in [5.74, 6) is 0.169. The topological polar surface area (TPSA) is 112 Å². The fraction of sp³-hybridized carbons (Fsp3) is 0.0571. The molecular weight excluding hydrogens is 605 g/mol. The van der Waals surface area contributed by atoms with Crippen LogP contribution in [0.5, 0.6) is 5.75 Å². The van der Waals surface area contributed by atoms with Crippen LogP contribution in [-0.4, -0.2) is 44.5 Å². The molecule has 1 N–H and O–H groups in total. The summed E-state index contributed by atoms with van der Waals surface area (Å²) >= 11 is 1.08. The second kappa shape index (κ2) is 13.9. The number of ketones is 1. The molecule has 0 atom stereocenters. The van der Waals surface area contributed by atoms with Crippen LogP contribution in [0.25, 0.3) is 34.5 Å². The molecule has 11 heteroatoms. The summed E-state index contributed by atoms with van der Waals surface area (Å²) in [6.45, 7) is 0. The van der Waals surface area contributed by atoms with Gasteiger partial charge in [0.15, 0.2) is 5.78 Å². The maximum absolute atomic E-state index is 13.6. The quantitative estimate of drug-likeness (QED) is 0.0897. The van der Waals surface area contributed by atoms with E-state index in [2.05, 4.69) is 15.5 Å². The Balaban J connectivity index is 1.08. The van der Waals surface area contributed by atoms with Gasteiger partial charge in [0.2, 0.25) is 5.91 Å². The van der Waals surface area contributed by atoms with Crippen LogP contribution in [0.3, 0.4) is 0 Å². The van der Waals surface area contributed by atoms with Crippen LogP contribution in [0.1, 0.15) is 15.9 Å². The van der Waals surface area contributed by atoms with Crippen LogP contribution in [0.4, 0.5) is 10.1 Å². The van der Waals surface area contributed by atoms with Crippen molar-refractivity contribution in [2.24, 2.45) is 0 Å². The Morgan fingerprint density at radius 2 is 1.67 bits per heavy atom. The lowest BCUT2D eigenvalue weighted by Gasteiger charge is -2.05. The second-order valence-electron chi connectivity index (χ2n) is 9.94. The van der Waals surface area contributed by atoms with Gasteiger partial charge in [-0.05, 0) is 84.4 Å². The van der Waals surface area contributed by atoms with Crippen LogP contribution in [0.2, 0.25) is 0 Å². The number of halogens is 1. The number of nitrogens with one attached hydrogen (secondary N) is 1. The van der Waals surface area contributed by atoms with Gasteiger partial charge in [0, 0.05) is 23.0 Å². The summed E-state index contributed by atoms with van der Waals surface area (Å²) in [7, 11) is 1.60. The summed E-state index contributed by atoms with van der Waals surface area (Å²) in [5.41, 5.74) is 4.52. The molecule has 2 heterocycles. The molecule has 9 nitrogen and oxygen atoms in total. The number of rotatable bonds is 11. The zero-order valence-corrected chi connectivity index (χ0v) is 25.3. The van der Waals surface area contributed by atoms with Crippen molar-refractivity contribution < 1.29 is 23.1 Å². The van der Waals surface area contributed by atoms with Gasteiger partial charge < -0.3 is 14.5 Å². The summed E-state index contributed by atoms with van der Waals surface area (Å²) in [6, 6.07) is 29.5. The lowest BCUT2D eigenvalue weighted by atomic mass is 10.1. The van der Waals surface area contributed by atoms with E-state index in [1.807, 2.05) is 54.6 Å². The number of anilines is 1. The molecule has 4 aromatic carbocycles. The van der Waals surface area contributed by atoms with Crippen molar-refractivity contribution in [3.05, 3.63) is 132 Å². The zero-order chi connectivity index (χ0) is 31.9. The number of hydrogen-bond acceptors (Lipinski definition) is 8. The van der Waals surface area contributed by atoms with E-state index in [1.165, 1.54) is 18.2 Å². The predicted molar refractivity (Wildman–Crippen MR) is 174 cm³/mol. The first kappa shape index (κ1) is 30.2. The Morgan fingerprint density at radius 3 is 2.39 bits per heavy atom. The maximum atomic E-state index is 13.6. The Hall–Kier alpha value is -5.81. The average Bonchev–Trinajstić information content (AvgIpc) is 3.75. The van der Waals surface area contributed by atoms with E-state index in [0.717, 1.165) is 28.8 Å². The molecule has 0 aliphatic rings. The molecular formula is C35H26FN5O4S. The highest BCUT2D eigenvalue weighted by atomic mass is 32.2. The van der Waals surface area contributed by atoms with E-state index in [9.17, 15) is 14.0 Å². The highest BCUT2D eigenvalue weighted by Gasteiger charge is 2.20. The highest BCUT2D eigenvalue weighted by molar-refractivity contribution is 7.99. The number of allylic oxidation sites excluding steroid dienone is 1. The molecule has 0 unspecified atom stereocenters. The van der Waals surface area contributed by atoms with E-state index < -0.39 is 0 Å². The van der Waals surface area contributed by atoms with Gasteiger partial charge >= 0.3 is 0 Å². The number of hydrogen-bond donors (Lipinski definition) is 1. The first-order chi connectivity index (χ1) is 22.4. The smallest absolute Gasteiger partial charge is 0.277 e. The van der Waals surface area contributed by atoms with Gasteiger partial charge in [-0.15, -0.1) is 10.2 Å². The number of ether oxygens (including phenoxy) is 1. The van der Waals surface area contributed by atoms with Gasteiger partial charge in [0.05, 0.1) is 24.1 Å². The molecule has 228 valence electrons. The number of nitrogens with zero attached hydrogens (tertiary/aromatic N) is 4. The van der Waals surface area contributed by atoms with Gasteiger partial charge in [-0.3, -0.25) is 9.59 Å². The van der Waals surface area contributed by atoms with E-state index in [-0.39, 0.29) is 34.4 Å². The molecule has 6 rings (SSSR count). The standard InChI is InChI=1S/C35H26FN5O4S/c1-44-29-18-7-23(8-19-29)9-20-31(42)24-12-16-27(17-13-24)37-32(43)22-46-35-39-38-34(45-35)30-21-41(28-5-3-2-4-6-28)40-33(30)25-10-14-26(36)15-11-25/h2-21H,22H2,1H3,(H,37,43)/b20-9+. The van der Waals surface area contributed by atoms with Crippen LogP contribution >= 0.6 is 11.8 Å².